The highest BCUT2D eigenvalue weighted by molar-refractivity contribution is 6.05. The Kier molecular flexibility index (Phi) is 6.24. The Morgan fingerprint density at radius 2 is 1.79 bits per heavy atom. The minimum Gasteiger partial charge on any atom is -0.462 e. The average Bonchev–Trinajstić information content (AvgIpc) is 2.71. The third kappa shape index (κ3) is 4.99. The molecular formula is C23H23N3O3. The van der Waals surface area contributed by atoms with E-state index in [1.165, 1.54) is 0 Å². The Hall–Kier alpha value is -3.67. The molecule has 0 aliphatic rings. The van der Waals surface area contributed by atoms with Crippen LogP contribution in [0.15, 0.2) is 60.8 Å². The highest BCUT2D eigenvalue weighted by Gasteiger charge is 2.14. The molecule has 0 unspecified atom stereocenters. The average molecular weight is 389 g/mol. The zero-order valence-electron chi connectivity index (χ0n) is 16.7. The van der Waals surface area contributed by atoms with Crippen molar-refractivity contribution in [3.05, 3.63) is 83.0 Å². The number of nitrogens with zero attached hydrogens (tertiary/aromatic N) is 1. The van der Waals surface area contributed by atoms with E-state index in [-0.39, 0.29) is 5.91 Å². The molecule has 0 fully saturated rings. The van der Waals surface area contributed by atoms with Crippen LogP contribution in [0.25, 0.3) is 0 Å². The summed E-state index contributed by atoms with van der Waals surface area (Å²) in [5.74, 6) is -0.197. The minimum atomic E-state index is -0.417. The third-order valence-electron chi connectivity index (χ3n) is 4.35. The van der Waals surface area contributed by atoms with Crippen LogP contribution in [0, 0.1) is 13.8 Å². The van der Waals surface area contributed by atoms with Gasteiger partial charge in [0.1, 0.15) is 5.82 Å². The lowest BCUT2D eigenvalue weighted by Crippen LogP contribution is -2.13. The second-order valence-electron chi connectivity index (χ2n) is 6.59. The lowest BCUT2D eigenvalue weighted by atomic mass is 10.1. The van der Waals surface area contributed by atoms with Gasteiger partial charge in [0.2, 0.25) is 0 Å². The number of rotatable bonds is 6. The molecule has 3 rings (SSSR count). The number of aromatic nitrogens is 1. The fourth-order valence-corrected chi connectivity index (χ4v) is 2.82. The molecule has 0 bridgehead atoms. The number of para-hydroxylation sites is 1. The number of anilines is 3. The molecule has 0 spiro atoms. The van der Waals surface area contributed by atoms with Crippen LogP contribution in [0.5, 0.6) is 0 Å². The number of nitrogens with one attached hydrogen (secondary N) is 2. The first-order valence-electron chi connectivity index (χ1n) is 9.35. The van der Waals surface area contributed by atoms with E-state index >= 15 is 0 Å². The Labute approximate surface area is 169 Å². The summed E-state index contributed by atoms with van der Waals surface area (Å²) in [5, 5.41) is 6.04. The van der Waals surface area contributed by atoms with Crippen LogP contribution in [0.4, 0.5) is 17.2 Å². The van der Waals surface area contributed by atoms with Crippen LogP contribution in [0.1, 0.15) is 38.8 Å². The molecule has 148 valence electrons. The summed E-state index contributed by atoms with van der Waals surface area (Å²) in [6.07, 6.45) is 1.55. The van der Waals surface area contributed by atoms with E-state index in [1.807, 2.05) is 38.1 Å². The SMILES string of the molecule is CCOC(=O)c1ccccc1Nc1cc(C(=O)Nc2cc(C)ccc2C)ccn1. The summed E-state index contributed by atoms with van der Waals surface area (Å²) in [4.78, 5) is 29.1. The number of pyridine rings is 1. The molecule has 0 radical (unpaired) electrons. The molecule has 29 heavy (non-hydrogen) atoms. The molecule has 2 aromatic carbocycles. The van der Waals surface area contributed by atoms with Gasteiger partial charge in [0, 0.05) is 17.4 Å². The van der Waals surface area contributed by atoms with E-state index in [9.17, 15) is 9.59 Å². The number of esters is 1. The van der Waals surface area contributed by atoms with Crippen LogP contribution in [0.2, 0.25) is 0 Å². The Balaban J connectivity index is 1.81. The van der Waals surface area contributed by atoms with E-state index in [0.717, 1.165) is 16.8 Å². The molecular weight excluding hydrogens is 366 g/mol. The van der Waals surface area contributed by atoms with Crippen molar-refractivity contribution in [3.63, 3.8) is 0 Å². The number of hydrogen-bond donors (Lipinski definition) is 2. The van der Waals surface area contributed by atoms with Gasteiger partial charge in [-0.1, -0.05) is 24.3 Å². The van der Waals surface area contributed by atoms with Crippen LogP contribution >= 0.6 is 0 Å². The molecule has 1 heterocycles. The van der Waals surface area contributed by atoms with Crippen LogP contribution in [-0.2, 0) is 4.74 Å². The smallest absolute Gasteiger partial charge is 0.340 e. The lowest BCUT2D eigenvalue weighted by Gasteiger charge is -2.12. The van der Waals surface area contributed by atoms with Gasteiger partial charge in [-0.25, -0.2) is 9.78 Å². The summed E-state index contributed by atoms with van der Waals surface area (Å²) in [6.45, 7) is 5.97. The maximum Gasteiger partial charge on any atom is 0.340 e. The van der Waals surface area contributed by atoms with Crippen molar-refractivity contribution in [2.45, 2.75) is 20.8 Å². The van der Waals surface area contributed by atoms with Crippen molar-refractivity contribution < 1.29 is 14.3 Å². The Morgan fingerprint density at radius 3 is 2.59 bits per heavy atom. The topological polar surface area (TPSA) is 80.3 Å². The van der Waals surface area contributed by atoms with Gasteiger partial charge in [0.25, 0.3) is 5.91 Å². The van der Waals surface area contributed by atoms with Crippen LogP contribution in [-0.4, -0.2) is 23.5 Å². The van der Waals surface area contributed by atoms with Gasteiger partial charge in [-0.3, -0.25) is 4.79 Å². The van der Waals surface area contributed by atoms with Crippen molar-refractivity contribution >= 4 is 29.1 Å². The standard InChI is InChI=1S/C23H23N3O3/c1-4-29-23(28)18-7-5-6-8-19(18)25-21-14-17(11-12-24-21)22(27)26-20-13-15(2)9-10-16(20)3/h5-14H,4H2,1-3H3,(H,24,25)(H,26,27). The van der Waals surface area contributed by atoms with E-state index in [2.05, 4.69) is 15.6 Å². The first-order valence-corrected chi connectivity index (χ1v) is 9.35. The maximum atomic E-state index is 12.7. The quantitative estimate of drug-likeness (QED) is 0.588. The fraction of sp³-hybridized carbons (Fsp3) is 0.174. The third-order valence-corrected chi connectivity index (χ3v) is 4.35. The number of amides is 1. The summed E-state index contributed by atoms with van der Waals surface area (Å²) in [7, 11) is 0. The number of ether oxygens (including phenoxy) is 1. The normalized spacial score (nSPS) is 10.3. The summed E-state index contributed by atoms with van der Waals surface area (Å²) in [6, 6.07) is 16.2. The molecule has 2 N–H and O–H groups in total. The van der Waals surface area contributed by atoms with Crippen LogP contribution in [0.3, 0.4) is 0 Å². The lowest BCUT2D eigenvalue weighted by molar-refractivity contribution is 0.0527. The van der Waals surface area contributed by atoms with Crippen molar-refractivity contribution in [2.75, 3.05) is 17.2 Å². The van der Waals surface area contributed by atoms with Gasteiger partial charge in [0.15, 0.2) is 0 Å². The van der Waals surface area contributed by atoms with Crippen molar-refractivity contribution in [2.24, 2.45) is 0 Å². The first kappa shape index (κ1) is 20.1. The van der Waals surface area contributed by atoms with Gasteiger partial charge in [-0.15, -0.1) is 0 Å². The molecule has 6 nitrogen and oxygen atoms in total. The summed E-state index contributed by atoms with van der Waals surface area (Å²) >= 11 is 0. The summed E-state index contributed by atoms with van der Waals surface area (Å²) in [5.41, 5.74) is 4.25. The monoisotopic (exact) mass is 389 g/mol. The predicted octanol–water partition coefficient (Wildman–Crippen LogP) is 4.87. The van der Waals surface area contributed by atoms with Crippen LogP contribution < -0.4 is 10.6 Å². The summed E-state index contributed by atoms with van der Waals surface area (Å²) < 4.78 is 5.09. The van der Waals surface area contributed by atoms with Crippen molar-refractivity contribution in [1.29, 1.82) is 0 Å². The second kappa shape index (κ2) is 9.01. The van der Waals surface area contributed by atoms with Gasteiger partial charge < -0.3 is 15.4 Å². The number of carbonyl (C=O) groups excluding carboxylic acids is 2. The predicted molar refractivity (Wildman–Crippen MR) is 114 cm³/mol. The van der Waals surface area contributed by atoms with Gasteiger partial charge in [-0.2, -0.15) is 0 Å². The number of hydrogen-bond acceptors (Lipinski definition) is 5. The Morgan fingerprint density at radius 1 is 1.00 bits per heavy atom. The first-order chi connectivity index (χ1) is 14.0. The number of carbonyl (C=O) groups is 2. The maximum absolute atomic E-state index is 12.7. The molecule has 0 aliphatic heterocycles. The molecule has 0 saturated heterocycles. The van der Waals surface area contributed by atoms with E-state index in [4.69, 9.17) is 4.74 Å². The van der Waals surface area contributed by atoms with Gasteiger partial charge in [-0.05, 0) is 62.2 Å². The molecule has 3 aromatic rings. The molecule has 1 aromatic heterocycles. The number of aryl methyl sites for hydroxylation is 2. The zero-order valence-corrected chi connectivity index (χ0v) is 16.7. The second-order valence-corrected chi connectivity index (χ2v) is 6.59. The molecule has 6 heteroatoms. The van der Waals surface area contributed by atoms with E-state index in [0.29, 0.717) is 29.2 Å². The minimum absolute atomic E-state index is 0.233. The highest BCUT2D eigenvalue weighted by Crippen LogP contribution is 2.22. The van der Waals surface area contributed by atoms with E-state index in [1.54, 1.807) is 43.5 Å². The highest BCUT2D eigenvalue weighted by atomic mass is 16.5. The number of benzene rings is 2. The van der Waals surface area contributed by atoms with Crippen molar-refractivity contribution in [1.82, 2.24) is 4.98 Å². The zero-order chi connectivity index (χ0) is 20.8. The van der Waals surface area contributed by atoms with Crippen molar-refractivity contribution in [3.8, 4) is 0 Å². The fourth-order valence-electron chi connectivity index (χ4n) is 2.82. The van der Waals surface area contributed by atoms with Gasteiger partial charge >= 0.3 is 5.97 Å². The Bertz CT molecular complexity index is 1050. The molecule has 0 atom stereocenters. The van der Waals surface area contributed by atoms with Gasteiger partial charge in [0.05, 0.1) is 17.9 Å². The molecule has 0 saturated carbocycles. The van der Waals surface area contributed by atoms with E-state index < -0.39 is 5.97 Å². The molecule has 1 amide bonds. The largest absolute Gasteiger partial charge is 0.462 e. The molecule has 0 aliphatic carbocycles.